The van der Waals surface area contributed by atoms with E-state index in [2.05, 4.69) is 117 Å². The van der Waals surface area contributed by atoms with E-state index in [9.17, 15) is 35.0 Å². The molecule has 0 spiro atoms. The van der Waals surface area contributed by atoms with Crippen molar-refractivity contribution < 1.29 is 35.0 Å². The number of halogens is 1. The molecule has 0 radical (unpaired) electrons. The first kappa shape index (κ1) is 83.7. The second-order valence-electron chi connectivity index (χ2n) is 25.8. The number of nitrogens with one attached hydrogen (secondary N) is 3. The van der Waals surface area contributed by atoms with Crippen molar-refractivity contribution in [3.05, 3.63) is 257 Å². The van der Waals surface area contributed by atoms with E-state index in [1.807, 2.05) is 177 Å². The number of anilines is 4. The zero-order valence-corrected chi connectivity index (χ0v) is 69.2. The summed E-state index contributed by atoms with van der Waals surface area (Å²) < 4.78 is 18.8. The third-order valence-electron chi connectivity index (χ3n) is 16.0. The highest BCUT2D eigenvalue weighted by Crippen LogP contribution is 2.36. The second-order valence-corrected chi connectivity index (χ2v) is 33.2. The molecule has 0 aliphatic carbocycles. The van der Waals surface area contributed by atoms with E-state index in [0.717, 1.165) is 109 Å². The first-order chi connectivity index (χ1) is 55.9. The molecule has 17 nitrogen and oxygen atoms in total. The van der Waals surface area contributed by atoms with Crippen molar-refractivity contribution in [2.24, 2.45) is 11.7 Å². The molecule has 16 rings (SSSR count). The molecule has 0 aliphatic rings. The molecule has 24 heteroatoms. The van der Waals surface area contributed by atoms with Gasteiger partial charge in [-0.15, -0.1) is 68.0 Å². The van der Waals surface area contributed by atoms with Crippen molar-refractivity contribution in [2.75, 3.05) is 47.9 Å². The molecular formula is C92H78FN11O6S6. The number of rotatable bonds is 7. The lowest BCUT2D eigenvalue weighted by Crippen LogP contribution is -2.01. The summed E-state index contributed by atoms with van der Waals surface area (Å²) in [6.07, 6.45) is 0.667. The monoisotopic (exact) mass is 1640 g/mol. The average Bonchev–Trinajstić information content (AvgIpc) is 1.69. The summed E-state index contributed by atoms with van der Waals surface area (Å²) in [5.41, 5.74) is 24.1. The van der Waals surface area contributed by atoms with Gasteiger partial charge in [-0.05, 0) is 169 Å². The van der Waals surface area contributed by atoms with Gasteiger partial charge in [0.2, 0.25) is 0 Å². The highest BCUT2D eigenvalue weighted by atomic mass is 32.1. The number of aromatic nitrogens is 6. The lowest BCUT2D eigenvalue weighted by molar-refractivity contribution is 0.480. The Morgan fingerprint density at radius 1 is 0.345 bits per heavy atom. The van der Waals surface area contributed by atoms with Crippen LogP contribution in [0.15, 0.2) is 182 Å². The quantitative estimate of drug-likeness (QED) is 0.0522. The van der Waals surface area contributed by atoms with Crippen molar-refractivity contribution in [1.82, 2.24) is 29.9 Å². The number of hydrogen-bond donors (Lipinski definition) is 11. The molecular weight excluding hydrogens is 1570 g/mol. The Morgan fingerprint density at radius 3 is 1.02 bits per heavy atom. The number of benzene rings is 10. The maximum absolute atomic E-state index is 13.0. The Bertz CT molecular complexity index is 6620. The summed E-state index contributed by atoms with van der Waals surface area (Å²) in [6.45, 7) is 17.6. The zero-order chi connectivity index (χ0) is 82.2. The lowest BCUT2D eigenvalue weighted by atomic mass is 10.1. The molecule has 0 atom stereocenters. The van der Waals surface area contributed by atoms with Gasteiger partial charge in [0, 0.05) is 69.2 Å². The minimum Gasteiger partial charge on any atom is -0.506 e. The molecule has 6 aromatic heterocycles. The number of thiazole rings is 6. The molecule has 116 heavy (non-hydrogen) atoms. The smallest absolute Gasteiger partial charge is 0.143 e. The Morgan fingerprint density at radius 2 is 0.655 bits per heavy atom. The molecule has 580 valence electrons. The minimum atomic E-state index is -0.283. The van der Waals surface area contributed by atoms with Crippen molar-refractivity contribution in [3.8, 4) is 106 Å². The van der Waals surface area contributed by atoms with Gasteiger partial charge in [-0.1, -0.05) is 139 Å². The topological polar surface area (TPSA) is 287 Å². The van der Waals surface area contributed by atoms with E-state index in [0.29, 0.717) is 83.0 Å². The summed E-state index contributed by atoms with van der Waals surface area (Å²) in [4.78, 5) is 25.7. The zero-order valence-electron chi connectivity index (χ0n) is 64.3. The summed E-state index contributed by atoms with van der Waals surface area (Å²) in [5.74, 6) is 37.5. The summed E-state index contributed by atoms with van der Waals surface area (Å²) in [6, 6.07) is 55.2. The molecule has 0 aliphatic heterocycles. The normalized spacial score (nSPS) is 10.2. The molecule has 0 unspecified atom stereocenters. The molecule has 13 N–H and O–H groups in total. The van der Waals surface area contributed by atoms with Crippen LogP contribution in [0.5, 0.6) is 34.5 Å². The molecule has 6 heterocycles. The highest BCUT2D eigenvalue weighted by molar-refractivity contribution is 7.20. The van der Waals surface area contributed by atoms with Crippen molar-refractivity contribution in [2.45, 2.75) is 61.8 Å². The van der Waals surface area contributed by atoms with Gasteiger partial charge in [0.25, 0.3) is 0 Å². The van der Waals surface area contributed by atoms with Crippen LogP contribution in [0.4, 0.5) is 27.1 Å². The van der Waals surface area contributed by atoms with Crippen LogP contribution in [0.3, 0.4) is 0 Å². The van der Waals surface area contributed by atoms with Crippen LogP contribution in [-0.4, -0.2) is 86.7 Å². The number of nitrogen functional groups attached to an aromatic ring is 1. The number of nitrogens with two attached hydrogens (primary N) is 2. The van der Waals surface area contributed by atoms with Crippen LogP contribution in [0.25, 0.3) is 61.3 Å². The van der Waals surface area contributed by atoms with Gasteiger partial charge in [0.05, 0.1) is 89.3 Å². The molecule has 0 amide bonds. The van der Waals surface area contributed by atoms with E-state index in [1.54, 1.807) is 105 Å². The SMILES string of the molecule is Cc1nc2c(O)cc(C#CC(C)C)cc2s1.Cc1nc2c(O)cc(C#CCCN)cc2s1.Cc1nc2c(O)cc(C#CCNc3cccc(F)c3)cc2s1.Cc1nc2c(O)cc(C#CCNc3ccccc3)cc2s1.Cc1nc2c(O)cc(C#CCNc3ccccc3N)cc2s1.Cc1nc2c(O)cc(C#Cc3ccccc3)cc2s1. The predicted molar refractivity (Wildman–Crippen MR) is 481 cm³/mol. The van der Waals surface area contributed by atoms with Gasteiger partial charge in [-0.3, -0.25) is 0 Å². The molecule has 16 aromatic rings. The van der Waals surface area contributed by atoms with E-state index in [-0.39, 0.29) is 40.3 Å². The number of nitrogens with zero attached hydrogens (tertiary/aromatic N) is 6. The van der Waals surface area contributed by atoms with Gasteiger partial charge < -0.3 is 58.1 Å². The molecule has 0 saturated carbocycles. The van der Waals surface area contributed by atoms with Gasteiger partial charge in [0.15, 0.2) is 0 Å². The number of para-hydroxylation sites is 3. The maximum atomic E-state index is 13.0. The van der Waals surface area contributed by atoms with Gasteiger partial charge in [-0.25, -0.2) is 34.3 Å². The standard InChI is InChI=1S/C17H13FN2OS.C17H15N3OS.C17H14N2OS.C16H11NOS.C13H13NOS.C12H12N2OS/c1-11-20-17-15(21)8-12(9-16(17)22-11)4-3-7-19-14-6-2-5-13(18)10-14;1-11-20-17-15(21)9-12(10-16(17)22-11)5-4-8-19-14-7-3-2-6-13(14)18;1-12-19-17-15(20)10-13(11-16(17)21-12)6-5-9-18-14-7-3-2-4-8-14;1-11-17-16-14(18)9-13(10-15(16)19-11)8-7-12-5-3-2-4-6-12;1-8(2)4-5-10-6-11(15)13-12(7-10)16-9(3)14-13;1-8-14-12-10(15)6-9(4-2-3-5-13)7-11(12)16-8/h2,5-6,8-10,19,21H,7H2,1H3;2-3,6-7,9-10,19,21H,8,18H2,1H3;2-4,7-8,10-11,18,20H,9H2,1H3;2-6,9-10,18H,1H3;6-8,15H,1-3H3;6-7,15H,3,5,13H2,1H3. The Hall–Kier alpha value is -13.2. The summed E-state index contributed by atoms with van der Waals surface area (Å²) in [7, 11) is 0. The Balaban J connectivity index is 0.000000137. The first-order valence-electron chi connectivity index (χ1n) is 36.2. The third kappa shape index (κ3) is 24.2. The van der Waals surface area contributed by atoms with Crippen LogP contribution in [0, 0.1) is 124 Å². The fourth-order valence-corrected chi connectivity index (χ4v) is 16.3. The first-order valence-corrected chi connectivity index (χ1v) is 41.1. The van der Waals surface area contributed by atoms with Crippen LogP contribution in [0.2, 0.25) is 0 Å². The minimum absolute atomic E-state index is 0.143. The number of phenols is 6. The molecule has 0 fully saturated rings. The number of hydrogen-bond acceptors (Lipinski definition) is 23. The summed E-state index contributed by atoms with van der Waals surface area (Å²) in [5, 5.41) is 74.4. The van der Waals surface area contributed by atoms with Crippen molar-refractivity contribution in [1.29, 1.82) is 0 Å². The predicted octanol–water partition coefficient (Wildman–Crippen LogP) is 20.1. The lowest BCUT2D eigenvalue weighted by Gasteiger charge is -2.04. The summed E-state index contributed by atoms with van der Waals surface area (Å²) >= 11 is 9.33. The number of fused-ring (bicyclic) bond motifs is 6. The third-order valence-corrected chi connectivity index (χ3v) is 21.5. The van der Waals surface area contributed by atoms with E-state index < -0.39 is 0 Å². The van der Waals surface area contributed by atoms with E-state index in [1.165, 1.54) is 23.5 Å². The number of aryl methyl sites for hydroxylation is 6. The van der Waals surface area contributed by atoms with Crippen molar-refractivity contribution >= 4 is 152 Å². The van der Waals surface area contributed by atoms with Crippen LogP contribution in [0.1, 0.15) is 89.3 Å². The number of phenolic OH excluding ortho intramolecular Hbond substituents is 6. The largest absolute Gasteiger partial charge is 0.506 e. The highest BCUT2D eigenvalue weighted by Gasteiger charge is 2.13. The van der Waals surface area contributed by atoms with Crippen LogP contribution in [-0.2, 0) is 0 Å². The van der Waals surface area contributed by atoms with Gasteiger partial charge >= 0.3 is 0 Å². The molecule has 0 bridgehead atoms. The maximum Gasteiger partial charge on any atom is 0.143 e. The molecule has 10 aromatic carbocycles. The Kier molecular flexibility index (Phi) is 29.2. The fourth-order valence-electron chi connectivity index (χ4n) is 11.0. The fraction of sp³-hybridized carbons (Fsp3) is 0.152. The number of aromatic hydroxyl groups is 6. The van der Waals surface area contributed by atoms with E-state index in [4.69, 9.17) is 11.5 Å². The van der Waals surface area contributed by atoms with Gasteiger partial charge in [-0.2, -0.15) is 0 Å². The Labute approximate surface area is 695 Å². The van der Waals surface area contributed by atoms with Crippen molar-refractivity contribution in [3.63, 3.8) is 0 Å². The van der Waals surface area contributed by atoms with Gasteiger partial charge in [0.1, 0.15) is 73.4 Å². The van der Waals surface area contributed by atoms with Crippen LogP contribution >= 0.6 is 68.0 Å². The van der Waals surface area contributed by atoms with Crippen LogP contribution < -0.4 is 27.4 Å². The van der Waals surface area contributed by atoms with E-state index >= 15 is 0 Å². The second kappa shape index (κ2) is 40.5. The molecule has 0 saturated heterocycles. The average molecular weight is 1650 g/mol.